The van der Waals surface area contributed by atoms with E-state index in [9.17, 15) is 4.79 Å². The Bertz CT molecular complexity index is 323. The van der Waals surface area contributed by atoms with Crippen molar-refractivity contribution < 1.29 is 4.79 Å². The molecule has 0 bridgehead atoms. The molecule has 0 aliphatic heterocycles. The molecule has 1 nitrogen and oxygen atoms in total. The smallest absolute Gasteiger partial charge is 0.146 e. The minimum Gasteiger partial charge on any atom is -0.298 e. The van der Waals surface area contributed by atoms with E-state index in [2.05, 4.69) is 28.6 Å². The van der Waals surface area contributed by atoms with E-state index < -0.39 is 0 Å². The molecule has 0 fully saturated rings. The third-order valence-electron chi connectivity index (χ3n) is 1.87. The van der Waals surface area contributed by atoms with E-state index in [0.717, 1.165) is 15.6 Å². The Hall–Kier alpha value is -0.280. The summed E-state index contributed by atoms with van der Waals surface area (Å²) in [5.41, 5.74) is 2.23. The molecule has 0 aliphatic carbocycles. The molecule has 0 saturated carbocycles. The van der Waals surface area contributed by atoms with Crippen LogP contribution in [0.5, 0.6) is 0 Å². The van der Waals surface area contributed by atoms with E-state index in [4.69, 9.17) is 0 Å². The number of carbonyl (C=O) groups excluding carboxylic acids is 1. The van der Waals surface area contributed by atoms with Crippen molar-refractivity contribution in [3.8, 4) is 0 Å². The number of benzene rings is 1. The van der Waals surface area contributed by atoms with Crippen molar-refractivity contribution in [1.29, 1.82) is 0 Å². The van der Waals surface area contributed by atoms with E-state index in [1.165, 1.54) is 0 Å². The monoisotopic (exact) mass is 258 g/mol. The molecule has 0 aromatic heterocycles. The van der Waals surface area contributed by atoms with Gasteiger partial charge in [0.2, 0.25) is 0 Å². The average molecular weight is 259 g/mol. The van der Waals surface area contributed by atoms with Crippen molar-refractivity contribution in [3.05, 3.63) is 33.8 Å². The lowest BCUT2D eigenvalue weighted by Gasteiger charge is -2.04. The molecule has 0 spiro atoms. The van der Waals surface area contributed by atoms with Gasteiger partial charge in [0.05, 0.1) is 0 Å². The molecule has 13 heavy (non-hydrogen) atoms. The van der Waals surface area contributed by atoms with Crippen LogP contribution in [-0.2, 0) is 11.2 Å². The van der Waals surface area contributed by atoms with Crippen molar-refractivity contribution in [1.82, 2.24) is 0 Å². The highest BCUT2D eigenvalue weighted by atomic mass is 79.9. The second-order valence-electron chi connectivity index (χ2n) is 2.94. The van der Waals surface area contributed by atoms with E-state index in [0.29, 0.717) is 12.2 Å². The molecule has 0 unspecified atom stereocenters. The molecule has 0 heterocycles. The third kappa shape index (κ3) is 3.16. The molecule has 0 radical (unpaired) electrons. The van der Waals surface area contributed by atoms with Crippen molar-refractivity contribution in [2.24, 2.45) is 0 Å². The number of Topliss-reactive ketones (excluding diaryl/α,β-unsaturated/α-hetero) is 1. The Balaban J connectivity index is 2.83. The Morgan fingerprint density at radius 2 is 2.23 bits per heavy atom. The van der Waals surface area contributed by atoms with E-state index in [-0.39, 0.29) is 5.78 Å². The van der Waals surface area contributed by atoms with E-state index in [1.807, 2.05) is 25.1 Å². The predicted octanol–water partition coefficient (Wildman–Crippen LogP) is 2.80. The summed E-state index contributed by atoms with van der Waals surface area (Å²) in [4.78, 5) is 11.1. The molecular formula is C10H11BrOS. The van der Waals surface area contributed by atoms with Gasteiger partial charge in [0.15, 0.2) is 0 Å². The van der Waals surface area contributed by atoms with E-state index in [1.54, 1.807) is 0 Å². The second-order valence-corrected chi connectivity index (χ2v) is 4.18. The van der Waals surface area contributed by atoms with Gasteiger partial charge in [-0.05, 0) is 30.2 Å². The summed E-state index contributed by atoms with van der Waals surface area (Å²) in [6.45, 7) is 2.01. The number of carbonyl (C=O) groups is 1. The minimum atomic E-state index is 0.161. The van der Waals surface area contributed by atoms with Gasteiger partial charge in [-0.2, -0.15) is 12.6 Å². The summed E-state index contributed by atoms with van der Waals surface area (Å²) in [5.74, 6) is 0.476. The highest BCUT2D eigenvalue weighted by Crippen LogP contribution is 2.16. The summed E-state index contributed by atoms with van der Waals surface area (Å²) in [6, 6.07) is 5.94. The molecule has 0 saturated heterocycles. The fraction of sp³-hybridized carbons (Fsp3) is 0.300. The number of aryl methyl sites for hydroxylation is 1. The highest BCUT2D eigenvalue weighted by molar-refractivity contribution is 9.10. The van der Waals surface area contributed by atoms with Crippen molar-refractivity contribution >= 4 is 34.3 Å². The Morgan fingerprint density at radius 1 is 1.54 bits per heavy atom. The van der Waals surface area contributed by atoms with Crippen LogP contribution in [0.3, 0.4) is 0 Å². The molecule has 3 heteroatoms. The summed E-state index contributed by atoms with van der Waals surface area (Å²) in [7, 11) is 0. The summed E-state index contributed by atoms with van der Waals surface area (Å²) < 4.78 is 1.05. The van der Waals surface area contributed by atoms with Crippen LogP contribution in [-0.4, -0.2) is 11.5 Å². The molecule has 1 aromatic carbocycles. The molecule has 0 atom stereocenters. The molecule has 70 valence electrons. The zero-order valence-electron chi connectivity index (χ0n) is 7.38. The predicted molar refractivity (Wildman–Crippen MR) is 61.4 cm³/mol. The van der Waals surface area contributed by atoms with Gasteiger partial charge in [-0.15, -0.1) is 0 Å². The number of thiol groups is 1. The van der Waals surface area contributed by atoms with Gasteiger partial charge >= 0.3 is 0 Å². The first kappa shape index (κ1) is 10.8. The van der Waals surface area contributed by atoms with Crippen LogP contribution in [0.15, 0.2) is 22.7 Å². The Labute approximate surface area is 92.1 Å². The molecule has 0 aliphatic rings. The Kier molecular flexibility index (Phi) is 4.00. The lowest BCUT2D eigenvalue weighted by Crippen LogP contribution is -2.05. The number of hydrogen-bond donors (Lipinski definition) is 1. The van der Waals surface area contributed by atoms with Crippen LogP contribution in [0.4, 0.5) is 0 Å². The summed E-state index contributed by atoms with van der Waals surface area (Å²) in [6.07, 6.45) is 0.489. The van der Waals surface area contributed by atoms with E-state index >= 15 is 0 Å². The standard InChI is InChI=1S/C10H11BrOS/c1-7-4-9(11)3-2-8(7)5-10(12)6-13/h2-4,13H,5-6H2,1H3. The molecular weight excluding hydrogens is 248 g/mol. The minimum absolute atomic E-state index is 0.161. The van der Waals surface area contributed by atoms with Crippen LogP contribution in [0.25, 0.3) is 0 Å². The topological polar surface area (TPSA) is 17.1 Å². The quantitative estimate of drug-likeness (QED) is 0.826. The highest BCUT2D eigenvalue weighted by Gasteiger charge is 2.04. The summed E-state index contributed by atoms with van der Waals surface area (Å²) in [5, 5.41) is 0. The SMILES string of the molecule is Cc1cc(Br)ccc1CC(=O)CS. The molecule has 1 rings (SSSR count). The first-order valence-corrected chi connectivity index (χ1v) is 5.43. The lowest BCUT2D eigenvalue weighted by molar-refractivity contribution is -0.115. The maximum absolute atomic E-state index is 11.1. The Morgan fingerprint density at radius 3 is 2.77 bits per heavy atom. The van der Waals surface area contributed by atoms with Crippen LogP contribution < -0.4 is 0 Å². The maximum atomic E-state index is 11.1. The van der Waals surface area contributed by atoms with Gasteiger partial charge in [-0.1, -0.05) is 22.0 Å². The average Bonchev–Trinajstić information content (AvgIpc) is 2.09. The summed E-state index contributed by atoms with van der Waals surface area (Å²) >= 11 is 7.32. The molecule has 0 amide bonds. The van der Waals surface area contributed by atoms with Crippen LogP contribution in [0.2, 0.25) is 0 Å². The van der Waals surface area contributed by atoms with Crippen LogP contribution in [0, 0.1) is 6.92 Å². The first-order chi connectivity index (χ1) is 6.13. The van der Waals surface area contributed by atoms with Gasteiger partial charge in [-0.25, -0.2) is 0 Å². The van der Waals surface area contributed by atoms with Crippen molar-refractivity contribution in [3.63, 3.8) is 0 Å². The largest absolute Gasteiger partial charge is 0.298 e. The van der Waals surface area contributed by atoms with Gasteiger partial charge in [-0.3, -0.25) is 4.79 Å². The molecule has 1 aromatic rings. The van der Waals surface area contributed by atoms with Gasteiger partial charge in [0.1, 0.15) is 5.78 Å². The normalized spacial score (nSPS) is 10.1. The number of rotatable bonds is 3. The zero-order valence-corrected chi connectivity index (χ0v) is 9.86. The van der Waals surface area contributed by atoms with Gasteiger partial charge in [0, 0.05) is 16.6 Å². The van der Waals surface area contributed by atoms with Crippen molar-refractivity contribution in [2.75, 3.05) is 5.75 Å². The third-order valence-corrected chi connectivity index (χ3v) is 2.71. The van der Waals surface area contributed by atoms with Gasteiger partial charge < -0.3 is 0 Å². The van der Waals surface area contributed by atoms with Gasteiger partial charge in [0.25, 0.3) is 0 Å². The number of ketones is 1. The van der Waals surface area contributed by atoms with Crippen LogP contribution >= 0.6 is 28.6 Å². The fourth-order valence-electron chi connectivity index (χ4n) is 1.13. The fourth-order valence-corrected chi connectivity index (χ4v) is 1.71. The molecule has 0 N–H and O–H groups in total. The number of halogens is 1. The second kappa shape index (κ2) is 4.82. The maximum Gasteiger partial charge on any atom is 0.146 e. The zero-order chi connectivity index (χ0) is 9.84. The number of hydrogen-bond acceptors (Lipinski definition) is 2. The van der Waals surface area contributed by atoms with Crippen molar-refractivity contribution in [2.45, 2.75) is 13.3 Å². The van der Waals surface area contributed by atoms with Crippen LogP contribution in [0.1, 0.15) is 11.1 Å². The first-order valence-electron chi connectivity index (χ1n) is 4.01. The lowest BCUT2D eigenvalue weighted by atomic mass is 10.0.